The van der Waals surface area contributed by atoms with Gasteiger partial charge in [0, 0.05) is 31.1 Å². The highest BCUT2D eigenvalue weighted by molar-refractivity contribution is 7.14. The molecule has 2 aliphatic heterocycles. The molecule has 2 aliphatic rings. The lowest BCUT2D eigenvalue weighted by molar-refractivity contribution is 0.149. The molecule has 2 N–H and O–H groups in total. The van der Waals surface area contributed by atoms with Crippen molar-refractivity contribution in [2.45, 2.75) is 25.4 Å². The molecule has 1 saturated heterocycles. The molecule has 0 radical (unpaired) electrons. The van der Waals surface area contributed by atoms with E-state index in [4.69, 9.17) is 10.4 Å². The number of aliphatic hydroxyl groups excluding tert-OH is 1. The second-order valence-electron chi connectivity index (χ2n) is 7.81. The number of thiazole rings is 1. The normalized spacial score (nSPS) is 18.5. The minimum atomic E-state index is 0.277. The van der Waals surface area contributed by atoms with Crippen LogP contribution < -0.4 is 0 Å². The van der Waals surface area contributed by atoms with Gasteiger partial charge in [-0.15, -0.1) is 22.7 Å². The van der Waals surface area contributed by atoms with Crippen molar-refractivity contribution in [2.75, 3.05) is 19.6 Å². The molecule has 154 valence electrons. The Labute approximate surface area is 184 Å². The molecule has 0 bridgehead atoms. The highest BCUT2D eigenvalue weighted by Crippen LogP contribution is 2.35. The number of hydrogen-bond acceptors (Lipinski definition) is 6. The molecule has 3 aromatic rings. The number of likely N-dealkylation sites (tertiary alicyclic amines) is 1. The highest BCUT2D eigenvalue weighted by Gasteiger charge is 2.35. The van der Waals surface area contributed by atoms with Crippen LogP contribution in [0.15, 0.2) is 59.0 Å². The van der Waals surface area contributed by atoms with Crippen LogP contribution in [0.25, 0.3) is 16.1 Å². The van der Waals surface area contributed by atoms with Crippen LogP contribution in [0, 0.1) is 5.41 Å². The van der Waals surface area contributed by atoms with Crippen LogP contribution in [0.2, 0.25) is 0 Å². The predicted octanol–water partition coefficient (Wildman–Crippen LogP) is 5.10. The molecule has 4 heterocycles. The summed E-state index contributed by atoms with van der Waals surface area (Å²) in [7, 11) is 0. The van der Waals surface area contributed by atoms with E-state index in [1.807, 2.05) is 22.9 Å². The van der Waals surface area contributed by atoms with E-state index >= 15 is 0 Å². The van der Waals surface area contributed by atoms with E-state index in [0.717, 1.165) is 48.1 Å². The van der Waals surface area contributed by atoms with Crippen molar-refractivity contribution in [3.8, 4) is 10.6 Å². The molecule has 0 amide bonds. The number of piperidine rings is 1. The number of benzene rings is 1. The molecule has 0 spiro atoms. The number of thiophene rings is 1. The molecule has 5 rings (SSSR count). The number of aromatic nitrogens is 1. The Hall–Kier alpha value is -2.48. The van der Waals surface area contributed by atoms with Crippen molar-refractivity contribution in [1.29, 1.82) is 5.41 Å². The van der Waals surface area contributed by atoms with E-state index in [0.29, 0.717) is 24.0 Å². The fourth-order valence-electron chi connectivity index (χ4n) is 4.29. The molecule has 1 fully saturated rings. The molecular formula is C23H24N4OS2. The second-order valence-corrected chi connectivity index (χ2v) is 9.61. The summed E-state index contributed by atoms with van der Waals surface area (Å²) in [5, 5.41) is 24.2. The Bertz CT molecular complexity index is 1050. The van der Waals surface area contributed by atoms with Crippen LogP contribution in [0.4, 0.5) is 0 Å². The smallest absolute Gasteiger partial charge is 0.135 e. The predicted molar refractivity (Wildman–Crippen MR) is 124 cm³/mol. The van der Waals surface area contributed by atoms with Gasteiger partial charge in [-0.3, -0.25) is 10.3 Å². The third kappa shape index (κ3) is 3.80. The topological polar surface area (TPSA) is 63.5 Å². The van der Waals surface area contributed by atoms with Gasteiger partial charge in [0.05, 0.1) is 22.7 Å². The van der Waals surface area contributed by atoms with Crippen LogP contribution >= 0.6 is 22.7 Å². The average Bonchev–Trinajstić information content (AvgIpc) is 3.50. The number of nitrogens with zero attached hydrogens (tertiary/aromatic N) is 3. The number of aliphatic hydroxyl groups is 1. The van der Waals surface area contributed by atoms with Gasteiger partial charge in [0.15, 0.2) is 0 Å². The van der Waals surface area contributed by atoms with Crippen LogP contribution in [0.1, 0.15) is 23.4 Å². The van der Waals surface area contributed by atoms with Gasteiger partial charge in [-0.05, 0) is 29.9 Å². The van der Waals surface area contributed by atoms with Crippen molar-refractivity contribution < 1.29 is 5.11 Å². The Kier molecular flexibility index (Phi) is 5.41. The van der Waals surface area contributed by atoms with Gasteiger partial charge in [0.25, 0.3) is 0 Å². The number of amidine groups is 1. The van der Waals surface area contributed by atoms with Crippen LogP contribution in [-0.2, 0) is 6.54 Å². The Morgan fingerprint density at radius 2 is 1.87 bits per heavy atom. The van der Waals surface area contributed by atoms with Gasteiger partial charge in [-0.2, -0.15) is 0 Å². The van der Waals surface area contributed by atoms with Crippen LogP contribution in [0.5, 0.6) is 0 Å². The van der Waals surface area contributed by atoms with Crippen molar-refractivity contribution in [3.05, 3.63) is 69.6 Å². The standard InChI is InChI=1S/C23H24N4OS2/c24-22-21(23-25-18(15-30-23)20-7-4-12-29-20)19(28)14-27(22)17-8-10-26(11-9-17)13-16-5-2-1-3-6-16/h1-7,12,15,17,24,28H,8-11,13-14H2. The summed E-state index contributed by atoms with van der Waals surface area (Å²) in [6, 6.07) is 14.9. The summed E-state index contributed by atoms with van der Waals surface area (Å²) in [5.41, 5.74) is 2.87. The molecule has 5 nitrogen and oxygen atoms in total. The summed E-state index contributed by atoms with van der Waals surface area (Å²) in [6.45, 7) is 3.42. The first-order valence-corrected chi connectivity index (χ1v) is 12.0. The SMILES string of the molecule is N=C1C(c2nc(-c3cccs3)cs2)=C(O)CN1C1CCN(Cc2ccccc2)CC1. The molecule has 0 saturated carbocycles. The third-order valence-corrected chi connectivity index (χ3v) is 7.62. The minimum absolute atomic E-state index is 0.277. The van der Waals surface area contributed by atoms with Gasteiger partial charge in [-0.25, -0.2) is 4.98 Å². The summed E-state index contributed by atoms with van der Waals surface area (Å²) in [4.78, 5) is 10.4. The monoisotopic (exact) mass is 436 g/mol. The third-order valence-electron chi connectivity index (χ3n) is 5.87. The Morgan fingerprint density at radius 3 is 2.60 bits per heavy atom. The lowest BCUT2D eigenvalue weighted by atomic mass is 10.0. The Morgan fingerprint density at radius 1 is 1.07 bits per heavy atom. The molecule has 30 heavy (non-hydrogen) atoms. The van der Waals surface area contributed by atoms with Gasteiger partial charge in [0.1, 0.15) is 16.6 Å². The van der Waals surface area contributed by atoms with E-state index in [1.54, 1.807) is 11.3 Å². The average molecular weight is 437 g/mol. The second kappa shape index (κ2) is 8.34. The van der Waals surface area contributed by atoms with Crippen LogP contribution in [0.3, 0.4) is 0 Å². The molecule has 0 atom stereocenters. The van der Waals surface area contributed by atoms with Crippen molar-refractivity contribution in [3.63, 3.8) is 0 Å². The van der Waals surface area contributed by atoms with Crippen LogP contribution in [-0.4, -0.2) is 51.4 Å². The summed E-state index contributed by atoms with van der Waals surface area (Å²) in [6.07, 6.45) is 2.02. The maximum atomic E-state index is 10.7. The Balaban J connectivity index is 1.23. The molecular weight excluding hydrogens is 412 g/mol. The highest BCUT2D eigenvalue weighted by atomic mass is 32.1. The number of hydrogen-bond donors (Lipinski definition) is 2. The lowest BCUT2D eigenvalue weighted by Gasteiger charge is -2.37. The van der Waals surface area contributed by atoms with E-state index in [1.165, 1.54) is 16.9 Å². The number of rotatable bonds is 5. The lowest BCUT2D eigenvalue weighted by Crippen LogP contribution is -2.45. The fourth-order valence-corrected chi connectivity index (χ4v) is 5.94. The van der Waals surface area contributed by atoms with E-state index in [9.17, 15) is 5.11 Å². The molecule has 1 aromatic carbocycles. The minimum Gasteiger partial charge on any atom is -0.510 e. The summed E-state index contributed by atoms with van der Waals surface area (Å²) >= 11 is 3.16. The van der Waals surface area contributed by atoms with E-state index in [-0.39, 0.29) is 5.76 Å². The number of nitrogens with one attached hydrogen (secondary N) is 1. The quantitative estimate of drug-likeness (QED) is 0.584. The molecule has 0 unspecified atom stereocenters. The zero-order valence-corrected chi connectivity index (χ0v) is 18.3. The summed E-state index contributed by atoms with van der Waals surface area (Å²) < 4.78 is 0. The molecule has 7 heteroatoms. The van der Waals surface area contributed by atoms with Crippen molar-refractivity contribution in [2.24, 2.45) is 0 Å². The first-order chi connectivity index (χ1) is 14.7. The van der Waals surface area contributed by atoms with E-state index < -0.39 is 0 Å². The van der Waals surface area contributed by atoms with Crippen molar-refractivity contribution >= 4 is 34.1 Å². The first kappa shape index (κ1) is 19.5. The molecule has 0 aliphatic carbocycles. The maximum Gasteiger partial charge on any atom is 0.135 e. The largest absolute Gasteiger partial charge is 0.510 e. The van der Waals surface area contributed by atoms with Gasteiger partial charge < -0.3 is 10.0 Å². The van der Waals surface area contributed by atoms with Crippen molar-refractivity contribution in [1.82, 2.24) is 14.8 Å². The van der Waals surface area contributed by atoms with Gasteiger partial charge in [-0.1, -0.05) is 36.4 Å². The zero-order valence-electron chi connectivity index (χ0n) is 16.6. The van der Waals surface area contributed by atoms with E-state index in [2.05, 4.69) is 40.1 Å². The first-order valence-electron chi connectivity index (χ1n) is 10.2. The zero-order chi connectivity index (χ0) is 20.5. The van der Waals surface area contributed by atoms with Gasteiger partial charge in [0.2, 0.25) is 0 Å². The fraction of sp³-hybridized carbons (Fsp3) is 0.304. The maximum absolute atomic E-state index is 10.7. The molecule has 2 aromatic heterocycles. The van der Waals surface area contributed by atoms with Gasteiger partial charge >= 0.3 is 0 Å². The summed E-state index contributed by atoms with van der Waals surface area (Å²) in [5.74, 6) is 0.694.